The number of carbonyl (C=O) groups is 1. The second-order valence-corrected chi connectivity index (χ2v) is 5.19. The molecule has 0 saturated carbocycles. The summed E-state index contributed by atoms with van der Waals surface area (Å²) in [5.74, 6) is 4.98. The molecular formula is C19H17F3N2O. The third kappa shape index (κ3) is 6.22. The van der Waals surface area contributed by atoms with Crippen LogP contribution in [0.4, 0.5) is 18.0 Å². The van der Waals surface area contributed by atoms with Crippen molar-refractivity contribution in [2.45, 2.75) is 12.6 Å². The first-order valence-corrected chi connectivity index (χ1v) is 7.67. The lowest BCUT2D eigenvalue weighted by atomic mass is 10.1. The number of hydrogen-bond acceptors (Lipinski definition) is 1. The molecule has 0 unspecified atom stereocenters. The third-order valence-electron chi connectivity index (χ3n) is 3.33. The van der Waals surface area contributed by atoms with Crippen LogP contribution in [0.25, 0.3) is 0 Å². The molecule has 0 bridgehead atoms. The van der Waals surface area contributed by atoms with Crippen molar-refractivity contribution in [3.8, 4) is 11.8 Å². The largest absolute Gasteiger partial charge is 0.417 e. The zero-order chi connectivity index (χ0) is 18.1. The van der Waals surface area contributed by atoms with Gasteiger partial charge >= 0.3 is 12.2 Å². The average molecular weight is 346 g/mol. The molecule has 2 aromatic carbocycles. The SMILES string of the molecule is O=C(NCC#Cc1ccccc1C(F)(F)F)NCCc1ccccc1. The summed E-state index contributed by atoms with van der Waals surface area (Å²) in [7, 11) is 0. The molecule has 2 aromatic rings. The maximum absolute atomic E-state index is 12.8. The highest BCUT2D eigenvalue weighted by Crippen LogP contribution is 2.31. The molecule has 0 aromatic heterocycles. The molecule has 0 aliphatic carbocycles. The lowest BCUT2D eigenvalue weighted by molar-refractivity contribution is -0.137. The monoisotopic (exact) mass is 346 g/mol. The lowest BCUT2D eigenvalue weighted by Crippen LogP contribution is -2.36. The van der Waals surface area contributed by atoms with Crippen molar-refractivity contribution >= 4 is 6.03 Å². The Balaban J connectivity index is 1.78. The molecule has 0 saturated heterocycles. The van der Waals surface area contributed by atoms with Gasteiger partial charge in [-0.1, -0.05) is 54.3 Å². The van der Waals surface area contributed by atoms with Gasteiger partial charge in [0.2, 0.25) is 0 Å². The van der Waals surface area contributed by atoms with Crippen molar-refractivity contribution in [2.24, 2.45) is 0 Å². The summed E-state index contributed by atoms with van der Waals surface area (Å²) in [4.78, 5) is 11.6. The molecule has 0 heterocycles. The van der Waals surface area contributed by atoms with Crippen molar-refractivity contribution in [2.75, 3.05) is 13.1 Å². The molecule has 0 radical (unpaired) electrons. The van der Waals surface area contributed by atoms with Crippen molar-refractivity contribution in [3.63, 3.8) is 0 Å². The first-order valence-electron chi connectivity index (χ1n) is 7.67. The summed E-state index contributed by atoms with van der Waals surface area (Å²) in [6, 6.07) is 14.4. The number of benzene rings is 2. The fourth-order valence-corrected chi connectivity index (χ4v) is 2.13. The summed E-state index contributed by atoms with van der Waals surface area (Å²) in [6.07, 6.45) is -3.76. The number of carbonyl (C=O) groups excluding carboxylic acids is 1. The van der Waals surface area contributed by atoms with Gasteiger partial charge in [0.25, 0.3) is 0 Å². The predicted octanol–water partition coefficient (Wildman–Crippen LogP) is 3.60. The van der Waals surface area contributed by atoms with E-state index in [1.54, 1.807) is 0 Å². The minimum atomic E-state index is -4.45. The smallest absolute Gasteiger partial charge is 0.338 e. The predicted molar refractivity (Wildman–Crippen MR) is 89.9 cm³/mol. The summed E-state index contributed by atoms with van der Waals surface area (Å²) < 4.78 is 38.5. The van der Waals surface area contributed by atoms with Crippen LogP contribution < -0.4 is 10.6 Å². The van der Waals surface area contributed by atoms with E-state index in [4.69, 9.17) is 0 Å². The lowest BCUT2D eigenvalue weighted by Gasteiger charge is -2.08. The Bertz CT molecular complexity index is 761. The first kappa shape index (κ1) is 18.4. The van der Waals surface area contributed by atoms with Crippen LogP contribution >= 0.6 is 0 Å². The van der Waals surface area contributed by atoms with Crippen LogP contribution in [-0.2, 0) is 12.6 Å². The van der Waals surface area contributed by atoms with Gasteiger partial charge in [-0.2, -0.15) is 13.2 Å². The molecule has 2 rings (SSSR count). The van der Waals surface area contributed by atoms with E-state index in [0.717, 1.165) is 11.6 Å². The van der Waals surface area contributed by atoms with Crippen molar-refractivity contribution in [1.29, 1.82) is 0 Å². The Morgan fingerprint density at radius 1 is 0.960 bits per heavy atom. The number of rotatable bonds is 4. The molecule has 0 fully saturated rings. The average Bonchev–Trinajstić information content (AvgIpc) is 2.59. The Morgan fingerprint density at radius 3 is 2.36 bits per heavy atom. The summed E-state index contributed by atoms with van der Waals surface area (Å²) in [5.41, 5.74) is 0.211. The van der Waals surface area contributed by atoms with E-state index in [2.05, 4.69) is 22.5 Å². The van der Waals surface area contributed by atoms with E-state index in [0.29, 0.717) is 13.0 Å². The molecule has 130 valence electrons. The van der Waals surface area contributed by atoms with Crippen LogP contribution in [0.3, 0.4) is 0 Å². The van der Waals surface area contributed by atoms with Gasteiger partial charge < -0.3 is 10.6 Å². The first-order chi connectivity index (χ1) is 12.0. The topological polar surface area (TPSA) is 41.1 Å². The van der Waals surface area contributed by atoms with Gasteiger partial charge in [0.15, 0.2) is 0 Å². The number of halogens is 3. The fraction of sp³-hybridized carbons (Fsp3) is 0.211. The molecule has 0 aliphatic rings. The second kappa shape index (κ2) is 8.78. The van der Waals surface area contributed by atoms with E-state index in [1.807, 2.05) is 30.3 Å². The van der Waals surface area contributed by atoms with Crippen LogP contribution in [0, 0.1) is 11.8 Å². The van der Waals surface area contributed by atoms with Gasteiger partial charge in [-0.05, 0) is 24.1 Å². The quantitative estimate of drug-likeness (QED) is 0.816. The Labute approximate surface area is 144 Å². The summed E-state index contributed by atoms with van der Waals surface area (Å²) in [6.45, 7) is 0.420. The van der Waals surface area contributed by atoms with Gasteiger partial charge in [0.05, 0.1) is 12.1 Å². The normalized spacial score (nSPS) is 10.5. The molecule has 2 amide bonds. The molecular weight excluding hydrogens is 329 g/mol. The van der Waals surface area contributed by atoms with Crippen LogP contribution in [0.1, 0.15) is 16.7 Å². The van der Waals surface area contributed by atoms with Gasteiger partial charge in [-0.3, -0.25) is 0 Å². The van der Waals surface area contributed by atoms with E-state index in [-0.39, 0.29) is 12.1 Å². The molecule has 0 aliphatic heterocycles. The van der Waals surface area contributed by atoms with E-state index < -0.39 is 17.8 Å². The number of nitrogens with one attached hydrogen (secondary N) is 2. The van der Waals surface area contributed by atoms with Crippen LogP contribution in [-0.4, -0.2) is 19.1 Å². The van der Waals surface area contributed by atoms with Crippen LogP contribution in [0.15, 0.2) is 54.6 Å². The number of hydrogen-bond donors (Lipinski definition) is 2. The van der Waals surface area contributed by atoms with E-state index in [9.17, 15) is 18.0 Å². The fourth-order valence-electron chi connectivity index (χ4n) is 2.13. The maximum atomic E-state index is 12.8. The molecule has 0 spiro atoms. The molecule has 2 N–H and O–H groups in total. The van der Waals surface area contributed by atoms with Gasteiger partial charge in [0, 0.05) is 12.1 Å². The minimum Gasteiger partial charge on any atom is -0.338 e. The van der Waals surface area contributed by atoms with Crippen LogP contribution in [0.2, 0.25) is 0 Å². The van der Waals surface area contributed by atoms with E-state index in [1.165, 1.54) is 18.2 Å². The van der Waals surface area contributed by atoms with Gasteiger partial charge in [0.1, 0.15) is 0 Å². The zero-order valence-corrected chi connectivity index (χ0v) is 13.4. The van der Waals surface area contributed by atoms with Crippen molar-refractivity contribution in [1.82, 2.24) is 10.6 Å². The number of amides is 2. The van der Waals surface area contributed by atoms with Gasteiger partial charge in [-0.15, -0.1) is 0 Å². The number of urea groups is 1. The Hall–Kier alpha value is -2.94. The Morgan fingerprint density at radius 2 is 1.64 bits per heavy atom. The molecule has 25 heavy (non-hydrogen) atoms. The minimum absolute atomic E-state index is 0.0383. The Kier molecular flexibility index (Phi) is 6.47. The summed E-state index contributed by atoms with van der Waals surface area (Å²) in [5, 5.41) is 5.16. The molecule has 3 nitrogen and oxygen atoms in total. The maximum Gasteiger partial charge on any atom is 0.417 e. The standard InChI is InChI=1S/C19H17F3N2O/c20-19(21,22)17-11-5-4-9-16(17)10-6-13-23-18(25)24-14-12-15-7-2-1-3-8-15/h1-5,7-9,11H,12-14H2,(H2,23,24,25). The van der Waals surface area contributed by atoms with E-state index >= 15 is 0 Å². The molecule has 0 atom stereocenters. The zero-order valence-electron chi connectivity index (χ0n) is 13.4. The highest BCUT2D eigenvalue weighted by atomic mass is 19.4. The highest BCUT2D eigenvalue weighted by Gasteiger charge is 2.32. The van der Waals surface area contributed by atoms with Crippen LogP contribution in [0.5, 0.6) is 0 Å². The second-order valence-electron chi connectivity index (χ2n) is 5.19. The van der Waals surface area contributed by atoms with Crippen molar-refractivity contribution < 1.29 is 18.0 Å². The third-order valence-corrected chi connectivity index (χ3v) is 3.33. The van der Waals surface area contributed by atoms with Gasteiger partial charge in [-0.25, -0.2) is 4.79 Å². The number of alkyl halides is 3. The highest BCUT2D eigenvalue weighted by molar-refractivity contribution is 5.74. The summed E-state index contributed by atoms with van der Waals surface area (Å²) >= 11 is 0. The molecule has 6 heteroatoms. The van der Waals surface area contributed by atoms with Crippen molar-refractivity contribution in [3.05, 3.63) is 71.3 Å².